The van der Waals surface area contributed by atoms with Gasteiger partial charge in [-0.3, -0.25) is 9.59 Å². The van der Waals surface area contributed by atoms with Gasteiger partial charge in [0.2, 0.25) is 11.8 Å². The SMILES string of the molecule is Cc1nc(C(C)(C)NC(=O)C2CCN(C(=O)c3ccc(C(F)(F)F)cc3)CC2)no1. The number of benzene rings is 1. The Labute approximate surface area is 171 Å². The van der Waals surface area contributed by atoms with E-state index >= 15 is 0 Å². The Morgan fingerprint density at radius 3 is 2.23 bits per heavy atom. The number of carbonyl (C=O) groups is 2. The molecule has 2 amide bonds. The summed E-state index contributed by atoms with van der Waals surface area (Å²) in [4.78, 5) is 30.9. The molecule has 0 saturated carbocycles. The molecule has 0 spiro atoms. The van der Waals surface area contributed by atoms with Crippen molar-refractivity contribution in [3.8, 4) is 0 Å². The predicted molar refractivity (Wildman–Crippen MR) is 100 cm³/mol. The number of carbonyl (C=O) groups excluding carboxylic acids is 2. The normalized spacial score (nSPS) is 15.9. The van der Waals surface area contributed by atoms with E-state index in [2.05, 4.69) is 15.5 Å². The number of hydrogen-bond donors (Lipinski definition) is 1. The lowest BCUT2D eigenvalue weighted by Crippen LogP contribution is -2.48. The first-order valence-electron chi connectivity index (χ1n) is 9.57. The second-order valence-corrected chi connectivity index (χ2v) is 7.89. The first kappa shape index (κ1) is 21.8. The third-order valence-corrected chi connectivity index (χ3v) is 5.13. The number of aromatic nitrogens is 2. The third kappa shape index (κ3) is 4.80. The Bertz CT molecular complexity index is 914. The van der Waals surface area contributed by atoms with Crippen LogP contribution in [0.1, 0.15) is 54.3 Å². The maximum Gasteiger partial charge on any atom is 0.416 e. The molecule has 10 heteroatoms. The van der Waals surface area contributed by atoms with E-state index in [-0.39, 0.29) is 23.3 Å². The van der Waals surface area contributed by atoms with Crippen LogP contribution in [0, 0.1) is 12.8 Å². The van der Waals surface area contributed by atoms with Crippen molar-refractivity contribution in [2.45, 2.75) is 45.3 Å². The van der Waals surface area contributed by atoms with Crippen LogP contribution in [0.4, 0.5) is 13.2 Å². The minimum atomic E-state index is -4.44. The van der Waals surface area contributed by atoms with E-state index < -0.39 is 17.3 Å². The van der Waals surface area contributed by atoms with Crippen LogP contribution in [0.3, 0.4) is 0 Å². The van der Waals surface area contributed by atoms with Gasteiger partial charge in [0.05, 0.1) is 11.1 Å². The van der Waals surface area contributed by atoms with Gasteiger partial charge in [-0.15, -0.1) is 0 Å². The van der Waals surface area contributed by atoms with Crippen molar-refractivity contribution >= 4 is 11.8 Å². The maximum absolute atomic E-state index is 12.7. The number of rotatable bonds is 4. The molecule has 7 nitrogen and oxygen atoms in total. The van der Waals surface area contributed by atoms with Gasteiger partial charge >= 0.3 is 6.18 Å². The van der Waals surface area contributed by atoms with Crippen LogP contribution in [0.5, 0.6) is 0 Å². The molecule has 0 atom stereocenters. The lowest BCUT2D eigenvalue weighted by atomic mass is 9.93. The molecule has 30 heavy (non-hydrogen) atoms. The zero-order valence-electron chi connectivity index (χ0n) is 16.9. The van der Waals surface area contributed by atoms with Gasteiger partial charge < -0.3 is 14.7 Å². The minimum absolute atomic E-state index is 0.163. The van der Waals surface area contributed by atoms with Crippen molar-refractivity contribution in [1.82, 2.24) is 20.4 Å². The molecule has 1 saturated heterocycles. The lowest BCUT2D eigenvalue weighted by molar-refractivity contribution is -0.137. The van der Waals surface area contributed by atoms with E-state index in [9.17, 15) is 22.8 Å². The average Bonchev–Trinajstić information content (AvgIpc) is 3.14. The molecule has 0 unspecified atom stereocenters. The number of likely N-dealkylation sites (tertiary alicyclic amines) is 1. The molecule has 1 aromatic carbocycles. The average molecular weight is 424 g/mol. The Morgan fingerprint density at radius 1 is 1.13 bits per heavy atom. The molecule has 2 heterocycles. The molecule has 1 aromatic heterocycles. The van der Waals surface area contributed by atoms with Crippen molar-refractivity contribution in [3.63, 3.8) is 0 Å². The van der Waals surface area contributed by atoms with Gasteiger partial charge in [-0.2, -0.15) is 18.2 Å². The number of nitrogens with zero attached hydrogens (tertiary/aromatic N) is 3. The summed E-state index contributed by atoms with van der Waals surface area (Å²) < 4.78 is 43.0. The molecule has 1 aliphatic rings. The van der Waals surface area contributed by atoms with Crippen molar-refractivity contribution in [3.05, 3.63) is 47.1 Å². The van der Waals surface area contributed by atoms with Gasteiger partial charge in [-0.25, -0.2) is 0 Å². The summed E-state index contributed by atoms with van der Waals surface area (Å²) in [7, 11) is 0. The molecular weight excluding hydrogens is 401 g/mol. The molecule has 2 aromatic rings. The Kier molecular flexibility index (Phi) is 5.87. The van der Waals surface area contributed by atoms with Crippen molar-refractivity contribution in [2.24, 2.45) is 5.92 Å². The van der Waals surface area contributed by atoms with E-state index in [1.165, 1.54) is 12.1 Å². The summed E-state index contributed by atoms with van der Waals surface area (Å²) in [5.74, 6) is -0.00567. The van der Waals surface area contributed by atoms with Crippen LogP contribution in [-0.4, -0.2) is 39.9 Å². The molecule has 1 aliphatic heterocycles. The highest BCUT2D eigenvalue weighted by Crippen LogP contribution is 2.29. The topological polar surface area (TPSA) is 88.3 Å². The predicted octanol–water partition coefficient (Wildman–Crippen LogP) is 3.30. The van der Waals surface area contributed by atoms with E-state index in [0.29, 0.717) is 37.6 Å². The number of halogens is 3. The zero-order chi connectivity index (χ0) is 22.1. The van der Waals surface area contributed by atoms with Crippen molar-refractivity contribution < 1.29 is 27.3 Å². The second-order valence-electron chi connectivity index (χ2n) is 7.89. The maximum atomic E-state index is 12.7. The molecule has 162 valence electrons. The number of amides is 2. The number of hydrogen-bond acceptors (Lipinski definition) is 5. The fraction of sp³-hybridized carbons (Fsp3) is 0.500. The summed E-state index contributed by atoms with van der Waals surface area (Å²) >= 11 is 0. The summed E-state index contributed by atoms with van der Waals surface area (Å²) in [6.07, 6.45) is -3.53. The quantitative estimate of drug-likeness (QED) is 0.814. The monoisotopic (exact) mass is 424 g/mol. The smallest absolute Gasteiger partial charge is 0.344 e. The van der Waals surface area contributed by atoms with Gasteiger partial charge in [0.1, 0.15) is 0 Å². The Balaban J connectivity index is 1.56. The molecule has 0 aliphatic carbocycles. The summed E-state index contributed by atoms with van der Waals surface area (Å²) in [6.45, 7) is 5.91. The summed E-state index contributed by atoms with van der Waals surface area (Å²) in [6, 6.07) is 4.16. The molecule has 0 bridgehead atoms. The largest absolute Gasteiger partial charge is 0.416 e. The number of nitrogens with one attached hydrogen (secondary N) is 1. The Hall–Kier alpha value is -2.91. The lowest BCUT2D eigenvalue weighted by Gasteiger charge is -2.33. The third-order valence-electron chi connectivity index (χ3n) is 5.13. The molecule has 0 radical (unpaired) electrons. The van der Waals surface area contributed by atoms with Crippen LogP contribution in [0.2, 0.25) is 0 Å². The first-order valence-corrected chi connectivity index (χ1v) is 9.57. The van der Waals surface area contributed by atoms with Crippen LogP contribution >= 0.6 is 0 Å². The van der Waals surface area contributed by atoms with Gasteiger partial charge in [-0.1, -0.05) is 5.16 Å². The van der Waals surface area contributed by atoms with Crippen molar-refractivity contribution in [2.75, 3.05) is 13.1 Å². The standard InChI is InChI=1S/C20H23F3N4O3/c1-12-24-18(26-30-12)19(2,3)25-16(28)13-8-10-27(11-9-13)17(29)14-4-6-15(7-5-14)20(21,22)23/h4-7,13H,8-11H2,1-3H3,(H,25,28). The second kappa shape index (κ2) is 8.08. The van der Waals surface area contributed by atoms with Crippen LogP contribution < -0.4 is 5.32 Å². The first-order chi connectivity index (χ1) is 14.0. The molecule has 1 N–H and O–H groups in total. The van der Waals surface area contributed by atoms with Gasteiger partial charge in [0.15, 0.2) is 5.82 Å². The molecular formula is C20H23F3N4O3. The highest BCUT2D eigenvalue weighted by Gasteiger charge is 2.34. The zero-order valence-corrected chi connectivity index (χ0v) is 16.9. The molecule has 3 rings (SSSR count). The Morgan fingerprint density at radius 2 is 1.73 bits per heavy atom. The van der Waals surface area contributed by atoms with E-state index in [0.717, 1.165) is 12.1 Å². The van der Waals surface area contributed by atoms with Crippen LogP contribution in [0.15, 0.2) is 28.8 Å². The van der Waals surface area contributed by atoms with Gasteiger partial charge in [0, 0.05) is 31.5 Å². The van der Waals surface area contributed by atoms with Crippen LogP contribution in [0.25, 0.3) is 0 Å². The highest BCUT2D eigenvalue weighted by molar-refractivity contribution is 5.94. The summed E-state index contributed by atoms with van der Waals surface area (Å²) in [5, 5.41) is 6.77. The summed E-state index contributed by atoms with van der Waals surface area (Å²) in [5.41, 5.74) is -1.41. The fourth-order valence-electron chi connectivity index (χ4n) is 3.35. The van der Waals surface area contributed by atoms with E-state index in [1.54, 1.807) is 25.7 Å². The van der Waals surface area contributed by atoms with E-state index in [4.69, 9.17) is 4.52 Å². The van der Waals surface area contributed by atoms with Crippen LogP contribution in [-0.2, 0) is 16.5 Å². The van der Waals surface area contributed by atoms with E-state index in [1.807, 2.05) is 0 Å². The fourth-order valence-corrected chi connectivity index (χ4v) is 3.35. The highest BCUT2D eigenvalue weighted by atomic mass is 19.4. The van der Waals surface area contributed by atoms with Gasteiger partial charge in [-0.05, 0) is 51.0 Å². The number of aryl methyl sites for hydroxylation is 1. The number of alkyl halides is 3. The molecule has 1 fully saturated rings. The van der Waals surface area contributed by atoms with Crippen molar-refractivity contribution in [1.29, 1.82) is 0 Å². The minimum Gasteiger partial charge on any atom is -0.344 e. The number of piperidine rings is 1. The van der Waals surface area contributed by atoms with Gasteiger partial charge in [0.25, 0.3) is 5.91 Å².